The predicted molar refractivity (Wildman–Crippen MR) is 107 cm³/mol. The van der Waals surface area contributed by atoms with E-state index in [4.69, 9.17) is 9.15 Å². The van der Waals surface area contributed by atoms with Gasteiger partial charge in [-0.05, 0) is 49.4 Å². The van der Waals surface area contributed by atoms with Crippen LogP contribution in [0.5, 0.6) is 0 Å². The van der Waals surface area contributed by atoms with Gasteiger partial charge in [-0.15, -0.1) is 0 Å². The Balaban J connectivity index is 1.97. The van der Waals surface area contributed by atoms with E-state index < -0.39 is 5.97 Å². The van der Waals surface area contributed by atoms with Gasteiger partial charge in [-0.2, -0.15) is 0 Å². The van der Waals surface area contributed by atoms with Crippen LogP contribution in [0.4, 0.5) is 0 Å². The Morgan fingerprint density at radius 1 is 1.18 bits per heavy atom. The van der Waals surface area contributed by atoms with Gasteiger partial charge in [-0.3, -0.25) is 9.78 Å². The second-order valence-electron chi connectivity index (χ2n) is 6.14. The molecule has 1 amide bonds. The van der Waals surface area contributed by atoms with Crippen LogP contribution >= 0.6 is 15.9 Å². The first-order valence-corrected chi connectivity index (χ1v) is 9.42. The number of methoxy groups -OCH3 is 1. The largest absolute Gasteiger partial charge is 0.463 e. The second-order valence-corrected chi connectivity index (χ2v) is 7.05. The Bertz CT molecular complexity index is 954. The number of amides is 1. The molecule has 1 unspecified atom stereocenters. The Labute approximate surface area is 171 Å². The number of aromatic nitrogens is 1. The van der Waals surface area contributed by atoms with Crippen molar-refractivity contribution in [3.63, 3.8) is 0 Å². The van der Waals surface area contributed by atoms with Gasteiger partial charge >= 0.3 is 5.97 Å². The molecule has 144 valence electrons. The maximum atomic E-state index is 13.3. The average molecular weight is 443 g/mol. The number of ether oxygens (including phenoxy) is 1. The highest BCUT2D eigenvalue weighted by Crippen LogP contribution is 2.25. The van der Waals surface area contributed by atoms with Crippen LogP contribution in [0.1, 0.15) is 45.1 Å². The fraction of sp³-hybridized carbons (Fsp3) is 0.190. The lowest BCUT2D eigenvalue weighted by Gasteiger charge is -2.29. The van der Waals surface area contributed by atoms with Crippen molar-refractivity contribution in [2.45, 2.75) is 19.5 Å². The number of halogens is 1. The summed E-state index contributed by atoms with van der Waals surface area (Å²) in [6.45, 7) is 2.07. The van der Waals surface area contributed by atoms with Crippen LogP contribution in [0.2, 0.25) is 0 Å². The highest BCUT2D eigenvalue weighted by molar-refractivity contribution is 9.10. The van der Waals surface area contributed by atoms with Gasteiger partial charge in [-0.25, -0.2) is 4.79 Å². The first-order chi connectivity index (χ1) is 13.5. The molecular weight excluding hydrogens is 424 g/mol. The van der Waals surface area contributed by atoms with E-state index in [0.29, 0.717) is 11.1 Å². The molecule has 1 aromatic carbocycles. The summed E-state index contributed by atoms with van der Waals surface area (Å²) in [5.74, 6) is -0.673. The number of carbonyl (C=O) groups excluding carboxylic acids is 2. The summed E-state index contributed by atoms with van der Waals surface area (Å²) in [7, 11) is 1.29. The van der Waals surface area contributed by atoms with Gasteiger partial charge in [0.2, 0.25) is 5.76 Å². The van der Waals surface area contributed by atoms with E-state index in [1.54, 1.807) is 29.3 Å². The number of furan rings is 1. The van der Waals surface area contributed by atoms with Crippen molar-refractivity contribution in [1.82, 2.24) is 9.88 Å². The zero-order valence-corrected chi connectivity index (χ0v) is 17.0. The highest BCUT2D eigenvalue weighted by Gasteiger charge is 2.27. The van der Waals surface area contributed by atoms with E-state index in [1.165, 1.54) is 13.4 Å². The lowest BCUT2D eigenvalue weighted by Crippen LogP contribution is -2.34. The predicted octanol–water partition coefficient (Wildman–Crippen LogP) is 4.63. The number of hydrogen-bond acceptors (Lipinski definition) is 5. The van der Waals surface area contributed by atoms with Crippen LogP contribution in [0.15, 0.2) is 69.9 Å². The van der Waals surface area contributed by atoms with Crippen molar-refractivity contribution < 1.29 is 18.7 Å². The molecule has 3 rings (SSSR count). The average Bonchev–Trinajstić information content (AvgIpc) is 3.20. The fourth-order valence-corrected chi connectivity index (χ4v) is 3.11. The summed E-state index contributed by atoms with van der Waals surface area (Å²) in [4.78, 5) is 31.3. The van der Waals surface area contributed by atoms with Crippen molar-refractivity contribution in [3.05, 3.63) is 88.0 Å². The molecule has 0 saturated heterocycles. The standard InChI is InChI=1S/C21H19BrN2O4/c1-14(18-5-3-4-11-23-18)24(20(25)15-6-8-17(22)9-7-15)13-16-10-12-28-19(16)21(26)27-2/h3-12,14H,13H2,1-2H3. The molecule has 2 heterocycles. The number of rotatable bonds is 6. The van der Waals surface area contributed by atoms with Gasteiger partial charge in [-0.1, -0.05) is 22.0 Å². The topological polar surface area (TPSA) is 72.6 Å². The lowest BCUT2D eigenvalue weighted by atomic mass is 10.1. The maximum Gasteiger partial charge on any atom is 0.374 e. The molecule has 28 heavy (non-hydrogen) atoms. The molecule has 0 fully saturated rings. The number of benzene rings is 1. The zero-order valence-electron chi connectivity index (χ0n) is 15.5. The molecule has 0 N–H and O–H groups in total. The molecule has 6 nitrogen and oxygen atoms in total. The molecule has 2 aromatic heterocycles. The van der Waals surface area contributed by atoms with Gasteiger partial charge in [0, 0.05) is 21.8 Å². The summed E-state index contributed by atoms with van der Waals surface area (Å²) >= 11 is 3.38. The minimum Gasteiger partial charge on any atom is -0.463 e. The van der Waals surface area contributed by atoms with Crippen LogP contribution in [0.3, 0.4) is 0 Å². The number of nitrogens with zero attached hydrogens (tertiary/aromatic N) is 2. The van der Waals surface area contributed by atoms with Crippen molar-refractivity contribution >= 4 is 27.8 Å². The van der Waals surface area contributed by atoms with Crippen molar-refractivity contribution in [3.8, 4) is 0 Å². The van der Waals surface area contributed by atoms with Crippen LogP contribution in [-0.2, 0) is 11.3 Å². The van der Waals surface area contributed by atoms with E-state index >= 15 is 0 Å². The maximum absolute atomic E-state index is 13.3. The molecule has 0 aliphatic carbocycles. The molecule has 3 aromatic rings. The number of pyridine rings is 1. The van der Waals surface area contributed by atoms with E-state index in [-0.39, 0.29) is 24.3 Å². The summed E-state index contributed by atoms with van der Waals surface area (Å²) in [6.07, 6.45) is 3.10. The van der Waals surface area contributed by atoms with Crippen molar-refractivity contribution in [2.75, 3.05) is 7.11 Å². The van der Waals surface area contributed by atoms with Crippen molar-refractivity contribution in [1.29, 1.82) is 0 Å². The third-order valence-electron chi connectivity index (χ3n) is 4.39. The monoisotopic (exact) mass is 442 g/mol. The van der Waals surface area contributed by atoms with Crippen LogP contribution < -0.4 is 0 Å². The van der Waals surface area contributed by atoms with Gasteiger partial charge in [0.15, 0.2) is 0 Å². The second kappa shape index (κ2) is 8.84. The molecule has 0 spiro atoms. The first-order valence-electron chi connectivity index (χ1n) is 8.63. The number of hydrogen-bond donors (Lipinski definition) is 0. The highest BCUT2D eigenvalue weighted by atomic mass is 79.9. The van der Waals surface area contributed by atoms with Gasteiger partial charge < -0.3 is 14.1 Å². The van der Waals surface area contributed by atoms with E-state index in [9.17, 15) is 9.59 Å². The Hall–Kier alpha value is -2.93. The molecule has 0 aliphatic heterocycles. The van der Waals surface area contributed by atoms with Crippen LogP contribution in [-0.4, -0.2) is 28.9 Å². The summed E-state index contributed by atoms with van der Waals surface area (Å²) in [5, 5.41) is 0. The number of esters is 1. The Kier molecular flexibility index (Phi) is 6.26. The Morgan fingerprint density at radius 3 is 2.57 bits per heavy atom. The van der Waals surface area contributed by atoms with E-state index in [1.807, 2.05) is 37.3 Å². The SMILES string of the molecule is COC(=O)c1occc1CN(C(=O)c1ccc(Br)cc1)C(C)c1ccccn1. The summed E-state index contributed by atoms with van der Waals surface area (Å²) in [6, 6.07) is 14.0. The zero-order chi connectivity index (χ0) is 20.1. The third kappa shape index (κ3) is 4.31. The van der Waals surface area contributed by atoms with Crippen LogP contribution in [0.25, 0.3) is 0 Å². The molecule has 0 saturated carbocycles. The summed E-state index contributed by atoms with van der Waals surface area (Å²) < 4.78 is 10.9. The molecule has 0 aliphatic rings. The minimum atomic E-state index is -0.582. The fourth-order valence-electron chi connectivity index (χ4n) is 2.84. The van der Waals surface area contributed by atoms with Gasteiger partial charge in [0.25, 0.3) is 5.91 Å². The summed E-state index contributed by atoms with van der Waals surface area (Å²) in [5.41, 5.74) is 1.85. The smallest absolute Gasteiger partial charge is 0.374 e. The molecule has 0 radical (unpaired) electrons. The van der Waals surface area contributed by atoms with E-state index in [2.05, 4.69) is 20.9 Å². The molecule has 7 heteroatoms. The molecular formula is C21H19BrN2O4. The van der Waals surface area contributed by atoms with Gasteiger partial charge in [0.1, 0.15) is 0 Å². The Morgan fingerprint density at radius 2 is 1.93 bits per heavy atom. The number of carbonyl (C=O) groups is 2. The van der Waals surface area contributed by atoms with Crippen molar-refractivity contribution in [2.24, 2.45) is 0 Å². The van der Waals surface area contributed by atoms with E-state index in [0.717, 1.165) is 10.2 Å². The van der Waals surface area contributed by atoms with Crippen LogP contribution in [0, 0.1) is 0 Å². The molecule has 1 atom stereocenters. The minimum absolute atomic E-state index is 0.0873. The first kappa shape index (κ1) is 19.8. The quantitative estimate of drug-likeness (QED) is 0.520. The third-order valence-corrected chi connectivity index (χ3v) is 4.92. The molecule has 0 bridgehead atoms. The van der Waals surface area contributed by atoms with Gasteiger partial charge in [0.05, 0.1) is 31.7 Å². The lowest BCUT2D eigenvalue weighted by molar-refractivity contribution is 0.0552. The normalized spacial score (nSPS) is 11.7.